The first kappa shape index (κ1) is 17.8. The van der Waals surface area contributed by atoms with Crippen molar-refractivity contribution < 1.29 is 4.79 Å². The van der Waals surface area contributed by atoms with Gasteiger partial charge in [-0.15, -0.1) is 0 Å². The van der Waals surface area contributed by atoms with Crippen LogP contribution in [0, 0.1) is 0 Å². The fourth-order valence-corrected chi connectivity index (χ4v) is 3.53. The lowest BCUT2D eigenvalue weighted by atomic mass is 10.0. The summed E-state index contributed by atoms with van der Waals surface area (Å²) in [7, 11) is 0. The summed E-state index contributed by atoms with van der Waals surface area (Å²) in [6, 6.07) is 23.8. The predicted octanol–water partition coefficient (Wildman–Crippen LogP) is 5.54. The Labute approximate surface area is 173 Å². The Bertz CT molecular complexity index is 1330. The molecule has 1 amide bonds. The topological polar surface area (TPSA) is 70.7 Å². The molecule has 5 aromatic rings. The van der Waals surface area contributed by atoms with Gasteiger partial charge in [0.05, 0.1) is 17.4 Å². The maximum atomic E-state index is 13.1. The highest BCUT2D eigenvalue weighted by atomic mass is 16.1. The number of fused-ring (bicyclic) bond motifs is 1. The molecule has 0 unspecified atom stereocenters. The van der Waals surface area contributed by atoms with Crippen molar-refractivity contribution in [1.82, 2.24) is 15.0 Å². The van der Waals surface area contributed by atoms with Gasteiger partial charge in [0.15, 0.2) is 0 Å². The molecule has 0 spiro atoms. The summed E-state index contributed by atoms with van der Waals surface area (Å²) >= 11 is 0. The summed E-state index contributed by atoms with van der Waals surface area (Å²) in [5, 5.41) is 3.79. The van der Waals surface area contributed by atoms with E-state index in [1.54, 1.807) is 18.6 Å². The van der Waals surface area contributed by atoms with E-state index in [1.165, 1.54) is 0 Å². The van der Waals surface area contributed by atoms with Crippen LogP contribution < -0.4 is 5.32 Å². The van der Waals surface area contributed by atoms with E-state index in [1.807, 2.05) is 79.0 Å². The molecule has 0 saturated heterocycles. The number of benzene rings is 2. The van der Waals surface area contributed by atoms with Crippen LogP contribution in [0.25, 0.3) is 33.3 Å². The summed E-state index contributed by atoms with van der Waals surface area (Å²) < 4.78 is 0. The van der Waals surface area contributed by atoms with Crippen molar-refractivity contribution >= 4 is 22.6 Å². The first-order valence-corrected chi connectivity index (χ1v) is 9.63. The molecule has 3 aromatic heterocycles. The molecule has 0 radical (unpaired) electrons. The van der Waals surface area contributed by atoms with Crippen LogP contribution in [0.1, 0.15) is 10.4 Å². The van der Waals surface area contributed by atoms with Crippen molar-refractivity contribution in [3.8, 4) is 22.3 Å². The molecule has 0 aliphatic rings. The first-order chi connectivity index (χ1) is 14.8. The Hall–Kier alpha value is -4.25. The van der Waals surface area contributed by atoms with Crippen LogP contribution in [0.5, 0.6) is 0 Å². The fraction of sp³-hybridized carbons (Fsp3) is 0. The van der Waals surface area contributed by atoms with Crippen molar-refractivity contribution in [2.45, 2.75) is 0 Å². The molecule has 2 aromatic carbocycles. The van der Waals surface area contributed by atoms with Crippen LogP contribution in [0.4, 0.5) is 5.69 Å². The lowest BCUT2D eigenvalue weighted by Gasteiger charge is -2.10. The van der Waals surface area contributed by atoms with Crippen LogP contribution in [-0.4, -0.2) is 20.9 Å². The molecule has 2 N–H and O–H groups in total. The number of rotatable bonds is 4. The zero-order chi connectivity index (χ0) is 20.3. The molecular formula is C25H18N4O. The van der Waals surface area contributed by atoms with Crippen molar-refractivity contribution in [3.63, 3.8) is 0 Å². The molecular weight excluding hydrogens is 372 g/mol. The van der Waals surface area contributed by atoms with Gasteiger partial charge < -0.3 is 10.3 Å². The highest BCUT2D eigenvalue weighted by Gasteiger charge is 2.16. The number of nitrogens with one attached hydrogen (secondary N) is 2. The third kappa shape index (κ3) is 3.33. The van der Waals surface area contributed by atoms with Crippen LogP contribution in [0.15, 0.2) is 97.6 Å². The van der Waals surface area contributed by atoms with E-state index in [9.17, 15) is 4.79 Å². The van der Waals surface area contributed by atoms with Crippen LogP contribution in [0.2, 0.25) is 0 Å². The number of hydrogen-bond acceptors (Lipinski definition) is 3. The standard InChI is InChI=1S/C25H18N4O/c30-25(29-23-16-26-12-11-20(23)18-9-5-2-6-10-18)22-15-28-24-21(22)13-19(14-27-24)17-7-3-1-4-8-17/h1-16H,(H,27,28)(H,29,30). The fourth-order valence-electron chi connectivity index (χ4n) is 3.53. The Morgan fingerprint density at radius 1 is 0.833 bits per heavy atom. The smallest absolute Gasteiger partial charge is 0.257 e. The summed E-state index contributed by atoms with van der Waals surface area (Å²) in [5.41, 5.74) is 5.83. The second kappa shape index (κ2) is 7.64. The molecule has 30 heavy (non-hydrogen) atoms. The Kier molecular flexibility index (Phi) is 4.54. The number of pyridine rings is 2. The van der Waals surface area contributed by atoms with Crippen molar-refractivity contribution in [3.05, 3.63) is 103 Å². The zero-order valence-corrected chi connectivity index (χ0v) is 16.0. The lowest BCUT2D eigenvalue weighted by Crippen LogP contribution is -2.12. The van der Waals surface area contributed by atoms with E-state index in [4.69, 9.17) is 0 Å². The van der Waals surface area contributed by atoms with Gasteiger partial charge in [-0.3, -0.25) is 9.78 Å². The van der Waals surface area contributed by atoms with E-state index >= 15 is 0 Å². The monoisotopic (exact) mass is 390 g/mol. The molecule has 5 heteroatoms. The molecule has 3 heterocycles. The Morgan fingerprint density at radius 2 is 1.57 bits per heavy atom. The second-order valence-electron chi connectivity index (χ2n) is 6.93. The Morgan fingerprint density at radius 3 is 2.33 bits per heavy atom. The predicted molar refractivity (Wildman–Crippen MR) is 119 cm³/mol. The molecule has 0 aliphatic heterocycles. The third-order valence-corrected chi connectivity index (χ3v) is 5.04. The quantitative estimate of drug-likeness (QED) is 0.423. The van der Waals surface area contributed by atoms with E-state index < -0.39 is 0 Å². The number of carbonyl (C=O) groups is 1. The van der Waals surface area contributed by atoms with Gasteiger partial charge in [-0.2, -0.15) is 0 Å². The molecule has 0 bridgehead atoms. The molecule has 0 saturated carbocycles. The summed E-state index contributed by atoms with van der Waals surface area (Å²) in [4.78, 5) is 24.9. The molecule has 5 nitrogen and oxygen atoms in total. The van der Waals surface area contributed by atoms with E-state index in [0.29, 0.717) is 16.9 Å². The zero-order valence-electron chi connectivity index (χ0n) is 16.0. The number of hydrogen-bond donors (Lipinski definition) is 2. The van der Waals surface area contributed by atoms with Gasteiger partial charge in [0, 0.05) is 35.1 Å². The van der Waals surface area contributed by atoms with Gasteiger partial charge in [0.25, 0.3) is 5.91 Å². The summed E-state index contributed by atoms with van der Waals surface area (Å²) in [6.07, 6.45) is 6.90. The van der Waals surface area contributed by atoms with Gasteiger partial charge in [-0.05, 0) is 23.3 Å². The van der Waals surface area contributed by atoms with E-state index in [-0.39, 0.29) is 5.91 Å². The summed E-state index contributed by atoms with van der Waals surface area (Å²) in [5.74, 6) is -0.210. The maximum Gasteiger partial charge on any atom is 0.257 e. The number of aromatic amines is 1. The first-order valence-electron chi connectivity index (χ1n) is 9.63. The highest BCUT2D eigenvalue weighted by Crippen LogP contribution is 2.29. The molecule has 144 valence electrons. The molecule has 0 fully saturated rings. The van der Waals surface area contributed by atoms with Gasteiger partial charge in [0.1, 0.15) is 5.65 Å². The third-order valence-electron chi connectivity index (χ3n) is 5.04. The number of anilines is 1. The maximum absolute atomic E-state index is 13.1. The summed E-state index contributed by atoms with van der Waals surface area (Å²) in [6.45, 7) is 0. The van der Waals surface area contributed by atoms with Crippen LogP contribution in [-0.2, 0) is 0 Å². The van der Waals surface area contributed by atoms with Crippen LogP contribution >= 0.6 is 0 Å². The van der Waals surface area contributed by atoms with E-state index in [0.717, 1.165) is 27.6 Å². The van der Waals surface area contributed by atoms with Gasteiger partial charge >= 0.3 is 0 Å². The molecule has 0 aliphatic carbocycles. The number of carbonyl (C=O) groups excluding carboxylic acids is 1. The van der Waals surface area contributed by atoms with Crippen molar-refractivity contribution in [1.29, 1.82) is 0 Å². The van der Waals surface area contributed by atoms with Crippen LogP contribution in [0.3, 0.4) is 0 Å². The van der Waals surface area contributed by atoms with E-state index in [2.05, 4.69) is 20.3 Å². The highest BCUT2D eigenvalue weighted by molar-refractivity contribution is 6.13. The van der Waals surface area contributed by atoms with Gasteiger partial charge in [-0.25, -0.2) is 4.98 Å². The largest absolute Gasteiger partial charge is 0.345 e. The van der Waals surface area contributed by atoms with Gasteiger partial charge in [-0.1, -0.05) is 60.7 Å². The average Bonchev–Trinajstić information content (AvgIpc) is 3.24. The average molecular weight is 390 g/mol. The number of H-pyrrole nitrogens is 1. The number of nitrogens with zero attached hydrogens (tertiary/aromatic N) is 2. The normalized spacial score (nSPS) is 10.8. The minimum Gasteiger partial charge on any atom is -0.345 e. The van der Waals surface area contributed by atoms with Crippen molar-refractivity contribution in [2.75, 3.05) is 5.32 Å². The second-order valence-corrected chi connectivity index (χ2v) is 6.93. The van der Waals surface area contributed by atoms with Crippen molar-refractivity contribution in [2.24, 2.45) is 0 Å². The lowest BCUT2D eigenvalue weighted by molar-refractivity contribution is 0.102. The number of aromatic nitrogens is 3. The molecule has 5 rings (SSSR count). The minimum absolute atomic E-state index is 0.210. The molecule has 0 atom stereocenters. The van der Waals surface area contributed by atoms with Gasteiger partial charge in [0.2, 0.25) is 0 Å². The number of amides is 1. The Balaban J connectivity index is 1.51. The SMILES string of the molecule is O=C(Nc1cnccc1-c1ccccc1)c1c[nH]c2ncc(-c3ccccc3)cc12. The minimum atomic E-state index is -0.210.